The van der Waals surface area contributed by atoms with Crippen LogP contribution in [0.25, 0.3) is 0 Å². The second-order valence-electron chi connectivity index (χ2n) is 4.57. The minimum absolute atomic E-state index is 0.310. The Balaban J connectivity index is 2.65. The summed E-state index contributed by atoms with van der Waals surface area (Å²) < 4.78 is 6.39. The number of halogens is 1. The van der Waals surface area contributed by atoms with E-state index >= 15 is 0 Å². The van der Waals surface area contributed by atoms with Crippen molar-refractivity contribution in [1.29, 1.82) is 0 Å². The van der Waals surface area contributed by atoms with Crippen molar-refractivity contribution in [3.63, 3.8) is 0 Å². The maximum atomic E-state index is 5.61. The van der Waals surface area contributed by atoms with Crippen LogP contribution >= 0.6 is 15.9 Å². The molecule has 0 unspecified atom stereocenters. The van der Waals surface area contributed by atoms with Crippen molar-refractivity contribution in [2.45, 2.75) is 40.0 Å². The Morgan fingerprint density at radius 2 is 1.94 bits per heavy atom. The van der Waals surface area contributed by atoms with E-state index in [4.69, 9.17) is 4.74 Å². The van der Waals surface area contributed by atoms with E-state index in [0.717, 1.165) is 16.8 Å². The molecule has 0 bridgehead atoms. The first-order valence-corrected chi connectivity index (χ1v) is 6.45. The standard InChI is InChI=1S/C12H19BrN2O/c1-8(2)5-6-16-11-7-10(13)14-12(15-11)9(3)4/h7-9H,5-6H2,1-4H3. The first kappa shape index (κ1) is 13.4. The highest BCUT2D eigenvalue weighted by Crippen LogP contribution is 2.19. The summed E-state index contributed by atoms with van der Waals surface area (Å²) in [5, 5.41) is 0. The predicted octanol–water partition coefficient (Wildman–Crippen LogP) is 3.79. The molecule has 0 atom stereocenters. The van der Waals surface area contributed by atoms with Crippen molar-refractivity contribution in [3.8, 4) is 5.88 Å². The van der Waals surface area contributed by atoms with Crippen molar-refractivity contribution in [1.82, 2.24) is 9.97 Å². The zero-order valence-corrected chi connectivity index (χ0v) is 11.9. The number of aromatic nitrogens is 2. The van der Waals surface area contributed by atoms with Crippen LogP contribution in [-0.2, 0) is 0 Å². The molecule has 1 aromatic rings. The van der Waals surface area contributed by atoms with Gasteiger partial charge in [-0.15, -0.1) is 0 Å². The van der Waals surface area contributed by atoms with Crippen LogP contribution in [0, 0.1) is 5.92 Å². The third-order valence-electron chi connectivity index (χ3n) is 2.15. The van der Waals surface area contributed by atoms with Gasteiger partial charge >= 0.3 is 0 Å². The fourth-order valence-corrected chi connectivity index (χ4v) is 1.52. The van der Waals surface area contributed by atoms with Crippen LogP contribution in [0.4, 0.5) is 0 Å². The minimum Gasteiger partial charge on any atom is -0.478 e. The number of ether oxygens (including phenoxy) is 1. The Hall–Kier alpha value is -0.640. The van der Waals surface area contributed by atoms with Crippen LogP contribution in [0.5, 0.6) is 5.88 Å². The first-order valence-electron chi connectivity index (χ1n) is 5.66. The molecule has 90 valence electrons. The largest absolute Gasteiger partial charge is 0.478 e. The van der Waals surface area contributed by atoms with E-state index < -0.39 is 0 Å². The lowest BCUT2D eigenvalue weighted by Gasteiger charge is -2.10. The average Bonchev–Trinajstić information content (AvgIpc) is 2.16. The zero-order chi connectivity index (χ0) is 12.1. The van der Waals surface area contributed by atoms with Crippen molar-refractivity contribution in [3.05, 3.63) is 16.5 Å². The zero-order valence-electron chi connectivity index (χ0n) is 10.3. The SMILES string of the molecule is CC(C)CCOc1cc(Br)nc(C(C)C)n1. The summed E-state index contributed by atoms with van der Waals surface area (Å²) in [6.45, 7) is 9.20. The van der Waals surface area contributed by atoms with Gasteiger partial charge in [-0.1, -0.05) is 27.7 Å². The van der Waals surface area contributed by atoms with Crippen molar-refractivity contribution < 1.29 is 4.74 Å². The molecular formula is C12H19BrN2O. The van der Waals surface area contributed by atoms with Gasteiger partial charge < -0.3 is 4.74 Å². The maximum absolute atomic E-state index is 5.61. The maximum Gasteiger partial charge on any atom is 0.217 e. The second kappa shape index (κ2) is 6.18. The number of nitrogens with zero attached hydrogens (tertiary/aromatic N) is 2. The summed E-state index contributed by atoms with van der Waals surface area (Å²) in [6, 6.07) is 1.81. The molecule has 1 rings (SSSR count). The van der Waals surface area contributed by atoms with E-state index in [1.165, 1.54) is 0 Å². The molecule has 0 amide bonds. The van der Waals surface area contributed by atoms with Gasteiger partial charge in [-0.25, -0.2) is 4.98 Å². The highest BCUT2D eigenvalue weighted by molar-refractivity contribution is 9.10. The third kappa shape index (κ3) is 4.47. The predicted molar refractivity (Wildman–Crippen MR) is 68.8 cm³/mol. The van der Waals surface area contributed by atoms with E-state index in [9.17, 15) is 0 Å². The Morgan fingerprint density at radius 1 is 1.25 bits per heavy atom. The van der Waals surface area contributed by atoms with Gasteiger partial charge in [0.2, 0.25) is 5.88 Å². The van der Waals surface area contributed by atoms with E-state index in [0.29, 0.717) is 24.3 Å². The molecule has 0 saturated heterocycles. The second-order valence-corrected chi connectivity index (χ2v) is 5.39. The third-order valence-corrected chi connectivity index (χ3v) is 2.56. The van der Waals surface area contributed by atoms with Crippen LogP contribution in [0.1, 0.15) is 45.9 Å². The number of hydrogen-bond donors (Lipinski definition) is 0. The van der Waals surface area contributed by atoms with Crippen LogP contribution in [0.2, 0.25) is 0 Å². The van der Waals surface area contributed by atoms with Crippen LogP contribution in [0.3, 0.4) is 0 Å². The molecule has 0 aliphatic rings. The van der Waals surface area contributed by atoms with Gasteiger partial charge in [0, 0.05) is 12.0 Å². The van der Waals surface area contributed by atoms with Crippen molar-refractivity contribution in [2.75, 3.05) is 6.61 Å². The van der Waals surface area contributed by atoms with E-state index in [1.54, 1.807) is 0 Å². The lowest BCUT2D eigenvalue weighted by molar-refractivity contribution is 0.277. The molecule has 0 spiro atoms. The lowest BCUT2D eigenvalue weighted by atomic mass is 10.1. The Kier molecular flexibility index (Phi) is 5.19. The molecule has 0 aliphatic heterocycles. The molecule has 0 aliphatic carbocycles. The fourth-order valence-electron chi connectivity index (χ4n) is 1.15. The summed E-state index contributed by atoms with van der Waals surface area (Å²) >= 11 is 3.37. The number of hydrogen-bond acceptors (Lipinski definition) is 3. The molecule has 0 radical (unpaired) electrons. The van der Waals surface area contributed by atoms with Gasteiger partial charge in [0.05, 0.1) is 6.61 Å². The van der Waals surface area contributed by atoms with Gasteiger partial charge in [0.1, 0.15) is 10.4 Å². The van der Waals surface area contributed by atoms with Gasteiger partial charge in [0.15, 0.2) is 0 Å². The van der Waals surface area contributed by atoms with Gasteiger partial charge in [0.25, 0.3) is 0 Å². The molecule has 0 N–H and O–H groups in total. The molecular weight excluding hydrogens is 268 g/mol. The quantitative estimate of drug-likeness (QED) is 0.773. The molecule has 1 aromatic heterocycles. The Labute approximate surface area is 106 Å². The highest BCUT2D eigenvalue weighted by atomic mass is 79.9. The summed E-state index contributed by atoms with van der Waals surface area (Å²) in [4.78, 5) is 8.67. The Morgan fingerprint density at radius 3 is 2.50 bits per heavy atom. The number of rotatable bonds is 5. The normalized spacial score (nSPS) is 11.2. The summed E-state index contributed by atoms with van der Waals surface area (Å²) in [6.07, 6.45) is 1.04. The summed E-state index contributed by atoms with van der Waals surface area (Å²) in [7, 11) is 0. The van der Waals surface area contributed by atoms with E-state index in [2.05, 4.69) is 53.6 Å². The van der Waals surface area contributed by atoms with Gasteiger partial charge in [-0.3, -0.25) is 0 Å². The van der Waals surface area contributed by atoms with Gasteiger partial charge in [-0.2, -0.15) is 4.98 Å². The molecule has 1 heterocycles. The average molecular weight is 287 g/mol. The lowest BCUT2D eigenvalue weighted by Crippen LogP contribution is -2.05. The molecule has 0 aromatic carbocycles. The van der Waals surface area contributed by atoms with Gasteiger partial charge in [-0.05, 0) is 28.3 Å². The molecule has 3 nitrogen and oxygen atoms in total. The van der Waals surface area contributed by atoms with E-state index in [-0.39, 0.29) is 0 Å². The minimum atomic E-state index is 0.310. The molecule has 0 saturated carbocycles. The smallest absolute Gasteiger partial charge is 0.217 e. The monoisotopic (exact) mass is 286 g/mol. The van der Waals surface area contributed by atoms with Crippen molar-refractivity contribution >= 4 is 15.9 Å². The highest BCUT2D eigenvalue weighted by Gasteiger charge is 2.07. The van der Waals surface area contributed by atoms with E-state index in [1.807, 2.05) is 6.07 Å². The topological polar surface area (TPSA) is 35.0 Å². The molecule has 0 fully saturated rings. The van der Waals surface area contributed by atoms with Crippen LogP contribution < -0.4 is 4.74 Å². The van der Waals surface area contributed by atoms with Crippen molar-refractivity contribution in [2.24, 2.45) is 5.92 Å². The first-order chi connectivity index (χ1) is 7.49. The molecule has 4 heteroatoms. The van der Waals surface area contributed by atoms with Crippen LogP contribution in [0.15, 0.2) is 10.7 Å². The van der Waals surface area contributed by atoms with Crippen LogP contribution in [-0.4, -0.2) is 16.6 Å². The fraction of sp³-hybridized carbons (Fsp3) is 0.667. The Bertz CT molecular complexity index is 340. The molecule has 16 heavy (non-hydrogen) atoms. The summed E-state index contributed by atoms with van der Waals surface area (Å²) in [5.74, 6) is 2.43. The summed E-state index contributed by atoms with van der Waals surface area (Å²) in [5.41, 5.74) is 0.